The minimum atomic E-state index is 0.324. The van der Waals surface area contributed by atoms with Crippen LogP contribution in [0.5, 0.6) is 0 Å². The molecule has 1 fully saturated rings. The third kappa shape index (κ3) is 2.64. The van der Waals surface area contributed by atoms with Crippen LogP contribution in [0.2, 0.25) is 0 Å². The number of nitrogens with zero attached hydrogens (tertiary/aromatic N) is 1. The standard InChI is InChI=1S/C9H19NOS/c1-8-9(2)12-7-5-10(8)4-3-6-11/h8-9,11H,3-7H2,1-2H3. The van der Waals surface area contributed by atoms with E-state index in [1.165, 1.54) is 12.3 Å². The molecule has 72 valence electrons. The van der Waals surface area contributed by atoms with Crippen LogP contribution in [0, 0.1) is 0 Å². The molecule has 0 aliphatic carbocycles. The monoisotopic (exact) mass is 189 g/mol. The van der Waals surface area contributed by atoms with Crippen LogP contribution in [0.15, 0.2) is 0 Å². The van der Waals surface area contributed by atoms with E-state index in [4.69, 9.17) is 5.11 Å². The van der Waals surface area contributed by atoms with Crippen LogP contribution < -0.4 is 0 Å². The maximum Gasteiger partial charge on any atom is 0.0443 e. The first-order valence-corrected chi connectivity index (χ1v) is 5.77. The first kappa shape index (κ1) is 10.4. The molecule has 1 heterocycles. The van der Waals surface area contributed by atoms with E-state index in [9.17, 15) is 0 Å². The molecule has 0 amide bonds. The van der Waals surface area contributed by atoms with Crippen LogP contribution in [0.25, 0.3) is 0 Å². The van der Waals surface area contributed by atoms with Gasteiger partial charge in [0.2, 0.25) is 0 Å². The Kier molecular flexibility index (Phi) is 4.40. The number of thioether (sulfide) groups is 1. The summed E-state index contributed by atoms with van der Waals surface area (Å²) in [4.78, 5) is 2.48. The molecule has 1 aliphatic heterocycles. The third-order valence-electron chi connectivity index (χ3n) is 2.62. The Balaban J connectivity index is 2.30. The van der Waals surface area contributed by atoms with Gasteiger partial charge >= 0.3 is 0 Å². The minimum Gasteiger partial charge on any atom is -0.396 e. The predicted molar refractivity (Wildman–Crippen MR) is 54.7 cm³/mol. The molecule has 3 heteroatoms. The summed E-state index contributed by atoms with van der Waals surface area (Å²) in [5.74, 6) is 1.25. The number of aliphatic hydroxyl groups excluding tert-OH is 1. The smallest absolute Gasteiger partial charge is 0.0443 e. The van der Waals surface area contributed by atoms with Crippen molar-refractivity contribution in [3.05, 3.63) is 0 Å². The molecule has 1 rings (SSSR count). The molecule has 1 N–H and O–H groups in total. The summed E-state index contributed by atoms with van der Waals surface area (Å²) >= 11 is 2.06. The van der Waals surface area contributed by atoms with Gasteiger partial charge in [-0.25, -0.2) is 0 Å². The molecule has 0 spiro atoms. The lowest BCUT2D eigenvalue weighted by Gasteiger charge is -2.37. The summed E-state index contributed by atoms with van der Waals surface area (Å²) in [5.41, 5.74) is 0. The van der Waals surface area contributed by atoms with Gasteiger partial charge in [0, 0.05) is 36.7 Å². The Hall–Kier alpha value is 0.270. The minimum absolute atomic E-state index is 0.324. The lowest BCUT2D eigenvalue weighted by molar-refractivity contribution is 0.186. The van der Waals surface area contributed by atoms with Gasteiger partial charge in [-0.2, -0.15) is 11.8 Å². The molecule has 0 saturated carbocycles. The highest BCUT2D eigenvalue weighted by molar-refractivity contribution is 8.00. The van der Waals surface area contributed by atoms with Gasteiger partial charge in [-0.3, -0.25) is 4.90 Å². The van der Waals surface area contributed by atoms with Crippen molar-refractivity contribution in [2.75, 3.05) is 25.4 Å². The molecule has 0 radical (unpaired) electrons. The van der Waals surface area contributed by atoms with E-state index in [0.29, 0.717) is 12.6 Å². The lowest BCUT2D eigenvalue weighted by atomic mass is 10.2. The highest BCUT2D eigenvalue weighted by Gasteiger charge is 2.24. The molecule has 2 nitrogen and oxygen atoms in total. The Morgan fingerprint density at radius 2 is 2.25 bits per heavy atom. The van der Waals surface area contributed by atoms with Crippen molar-refractivity contribution in [2.24, 2.45) is 0 Å². The SMILES string of the molecule is CC1SCCN(CCCO)C1C. The van der Waals surface area contributed by atoms with Gasteiger partial charge in [0.15, 0.2) is 0 Å². The van der Waals surface area contributed by atoms with Gasteiger partial charge in [0.05, 0.1) is 0 Å². The average molecular weight is 189 g/mol. The number of aliphatic hydroxyl groups is 1. The highest BCUT2D eigenvalue weighted by atomic mass is 32.2. The summed E-state index contributed by atoms with van der Waals surface area (Å²) in [6, 6.07) is 0.676. The second kappa shape index (κ2) is 5.10. The number of hydrogen-bond acceptors (Lipinski definition) is 3. The maximum atomic E-state index is 8.72. The van der Waals surface area contributed by atoms with Crippen molar-refractivity contribution >= 4 is 11.8 Å². The molecular weight excluding hydrogens is 170 g/mol. The molecule has 1 saturated heterocycles. The first-order chi connectivity index (χ1) is 5.75. The van der Waals surface area contributed by atoms with Crippen LogP contribution in [0.3, 0.4) is 0 Å². The maximum absolute atomic E-state index is 8.72. The van der Waals surface area contributed by atoms with E-state index in [1.54, 1.807) is 0 Å². The van der Waals surface area contributed by atoms with Crippen molar-refractivity contribution in [2.45, 2.75) is 31.6 Å². The zero-order valence-electron chi connectivity index (χ0n) is 7.99. The molecule has 0 aromatic heterocycles. The summed E-state index contributed by atoms with van der Waals surface area (Å²) in [5, 5.41) is 9.46. The van der Waals surface area contributed by atoms with Gasteiger partial charge in [-0.15, -0.1) is 0 Å². The predicted octanol–water partition coefficient (Wildman–Crippen LogP) is 1.19. The molecular formula is C9H19NOS. The number of hydrogen-bond donors (Lipinski definition) is 1. The van der Waals surface area contributed by atoms with E-state index in [2.05, 4.69) is 30.5 Å². The molecule has 2 unspecified atom stereocenters. The quantitative estimate of drug-likeness (QED) is 0.721. The van der Waals surface area contributed by atoms with Gasteiger partial charge in [-0.1, -0.05) is 6.92 Å². The van der Waals surface area contributed by atoms with Crippen molar-refractivity contribution in [1.29, 1.82) is 0 Å². The van der Waals surface area contributed by atoms with Crippen LogP contribution in [-0.4, -0.2) is 46.7 Å². The fourth-order valence-electron chi connectivity index (χ4n) is 1.58. The highest BCUT2D eigenvalue weighted by Crippen LogP contribution is 2.23. The van der Waals surface area contributed by atoms with Crippen LogP contribution in [-0.2, 0) is 0 Å². The molecule has 12 heavy (non-hydrogen) atoms. The van der Waals surface area contributed by atoms with Crippen molar-refractivity contribution in [1.82, 2.24) is 4.90 Å². The topological polar surface area (TPSA) is 23.5 Å². The van der Waals surface area contributed by atoms with Gasteiger partial charge in [0.1, 0.15) is 0 Å². The van der Waals surface area contributed by atoms with Crippen molar-refractivity contribution in [3.8, 4) is 0 Å². The first-order valence-electron chi connectivity index (χ1n) is 4.72. The van der Waals surface area contributed by atoms with Gasteiger partial charge < -0.3 is 5.11 Å². The van der Waals surface area contributed by atoms with E-state index < -0.39 is 0 Å². The molecule has 2 atom stereocenters. The van der Waals surface area contributed by atoms with Gasteiger partial charge in [-0.05, 0) is 13.3 Å². The second-order valence-electron chi connectivity index (χ2n) is 3.43. The van der Waals surface area contributed by atoms with Crippen molar-refractivity contribution in [3.63, 3.8) is 0 Å². The molecule has 0 bridgehead atoms. The second-order valence-corrected chi connectivity index (χ2v) is 4.91. The normalized spacial score (nSPS) is 32.2. The Labute approximate surface area is 79.3 Å². The largest absolute Gasteiger partial charge is 0.396 e. The fourth-order valence-corrected chi connectivity index (χ4v) is 2.75. The number of rotatable bonds is 3. The van der Waals surface area contributed by atoms with Gasteiger partial charge in [0.25, 0.3) is 0 Å². The third-order valence-corrected chi connectivity index (χ3v) is 3.96. The van der Waals surface area contributed by atoms with Crippen molar-refractivity contribution < 1.29 is 5.11 Å². The summed E-state index contributed by atoms with van der Waals surface area (Å²) in [7, 11) is 0. The zero-order chi connectivity index (χ0) is 8.97. The Morgan fingerprint density at radius 1 is 1.50 bits per heavy atom. The lowest BCUT2D eigenvalue weighted by Crippen LogP contribution is -2.45. The Morgan fingerprint density at radius 3 is 2.92 bits per heavy atom. The zero-order valence-corrected chi connectivity index (χ0v) is 8.81. The summed E-state index contributed by atoms with van der Waals surface area (Å²) in [6.07, 6.45) is 0.918. The summed E-state index contributed by atoms with van der Waals surface area (Å²) in [6.45, 7) is 7.15. The molecule has 1 aliphatic rings. The summed E-state index contributed by atoms with van der Waals surface area (Å²) < 4.78 is 0. The van der Waals surface area contributed by atoms with Crippen LogP contribution in [0.1, 0.15) is 20.3 Å². The van der Waals surface area contributed by atoms with E-state index >= 15 is 0 Å². The van der Waals surface area contributed by atoms with E-state index in [0.717, 1.165) is 18.2 Å². The Bertz CT molecular complexity index is 132. The van der Waals surface area contributed by atoms with E-state index in [-0.39, 0.29) is 0 Å². The van der Waals surface area contributed by atoms with Crippen LogP contribution >= 0.6 is 11.8 Å². The fraction of sp³-hybridized carbons (Fsp3) is 1.00. The van der Waals surface area contributed by atoms with Crippen LogP contribution in [0.4, 0.5) is 0 Å². The molecule has 0 aromatic carbocycles. The van der Waals surface area contributed by atoms with E-state index in [1.807, 2.05) is 0 Å². The molecule has 0 aromatic rings. The average Bonchev–Trinajstić information content (AvgIpc) is 2.08.